The summed E-state index contributed by atoms with van der Waals surface area (Å²) in [5, 5.41) is 0.542. The summed E-state index contributed by atoms with van der Waals surface area (Å²) in [7, 11) is -3.72. The van der Waals surface area contributed by atoms with E-state index in [1.807, 2.05) is 26.8 Å². The fourth-order valence-electron chi connectivity index (χ4n) is 4.03. The first-order valence-corrected chi connectivity index (χ1v) is 12.6. The standard InChI is InChI=1S/C24H24N6O4S/c1-24(2,3)34-23(31)29-11-18-19(12-29)25-14-26-21(18)20-17-9-10-30(22(17)28-15-27-20)35(32,33)13-16-7-5-4-6-8-16/h4-10,14-15H,11-13H2,1-3H3. The lowest BCUT2D eigenvalue weighted by Gasteiger charge is -2.24. The summed E-state index contributed by atoms with van der Waals surface area (Å²) in [5.41, 5.74) is 2.79. The predicted octanol–water partition coefficient (Wildman–Crippen LogP) is 3.52. The number of rotatable bonds is 4. The number of amides is 1. The van der Waals surface area contributed by atoms with Gasteiger partial charge in [0.05, 0.1) is 30.2 Å². The summed E-state index contributed by atoms with van der Waals surface area (Å²) in [6.45, 7) is 5.99. The van der Waals surface area contributed by atoms with Crippen LogP contribution in [0.25, 0.3) is 22.4 Å². The minimum Gasteiger partial charge on any atom is -0.444 e. The van der Waals surface area contributed by atoms with Gasteiger partial charge in [-0.15, -0.1) is 0 Å². The third kappa shape index (κ3) is 4.46. The van der Waals surface area contributed by atoms with Gasteiger partial charge in [-0.1, -0.05) is 30.3 Å². The lowest BCUT2D eigenvalue weighted by atomic mass is 10.1. The van der Waals surface area contributed by atoms with Gasteiger partial charge in [-0.2, -0.15) is 0 Å². The molecular formula is C24H24N6O4S. The minimum absolute atomic E-state index is 0.162. The van der Waals surface area contributed by atoms with Gasteiger partial charge in [0.15, 0.2) is 5.65 Å². The molecule has 0 N–H and O–H groups in total. The molecule has 1 amide bonds. The first kappa shape index (κ1) is 22.9. The predicted molar refractivity (Wildman–Crippen MR) is 128 cm³/mol. The van der Waals surface area contributed by atoms with Crippen LogP contribution in [0, 0.1) is 0 Å². The lowest BCUT2D eigenvalue weighted by molar-refractivity contribution is 0.0241. The molecule has 5 rings (SSSR count). The second-order valence-corrected chi connectivity index (χ2v) is 11.1. The largest absolute Gasteiger partial charge is 0.444 e. The Labute approximate surface area is 202 Å². The maximum Gasteiger partial charge on any atom is 0.410 e. The number of hydrogen-bond donors (Lipinski definition) is 0. The van der Waals surface area contributed by atoms with Gasteiger partial charge in [-0.25, -0.2) is 37.1 Å². The molecule has 0 atom stereocenters. The molecule has 1 aromatic carbocycles. The molecule has 1 aliphatic heterocycles. The Hall–Kier alpha value is -3.86. The number of carbonyl (C=O) groups excluding carboxylic acids is 1. The fourth-order valence-corrected chi connectivity index (χ4v) is 5.44. The Kier molecular flexibility index (Phi) is 5.51. The van der Waals surface area contributed by atoms with E-state index in [1.165, 1.54) is 22.8 Å². The normalized spacial score (nSPS) is 13.7. The number of nitrogens with zero attached hydrogens (tertiary/aromatic N) is 6. The summed E-state index contributed by atoms with van der Waals surface area (Å²) in [6, 6.07) is 10.6. The molecule has 1 aliphatic rings. The summed E-state index contributed by atoms with van der Waals surface area (Å²) in [4.78, 5) is 31.6. The number of aromatic nitrogens is 5. The Morgan fingerprint density at radius 3 is 2.43 bits per heavy atom. The van der Waals surface area contributed by atoms with Crippen LogP contribution < -0.4 is 0 Å². The van der Waals surface area contributed by atoms with Crippen LogP contribution in [-0.4, -0.2) is 48.9 Å². The molecule has 4 heterocycles. The van der Waals surface area contributed by atoms with Gasteiger partial charge in [0, 0.05) is 17.1 Å². The van der Waals surface area contributed by atoms with Crippen molar-refractivity contribution in [1.82, 2.24) is 28.8 Å². The highest BCUT2D eigenvalue weighted by molar-refractivity contribution is 7.89. The molecule has 4 aromatic rings. The van der Waals surface area contributed by atoms with E-state index in [4.69, 9.17) is 4.74 Å². The lowest BCUT2D eigenvalue weighted by Crippen LogP contribution is -2.33. The number of fused-ring (bicyclic) bond motifs is 2. The molecule has 10 nitrogen and oxygen atoms in total. The summed E-state index contributed by atoms with van der Waals surface area (Å²) in [6.07, 6.45) is 3.79. The summed E-state index contributed by atoms with van der Waals surface area (Å²) < 4.78 is 33.0. The van der Waals surface area contributed by atoms with Crippen LogP contribution in [0.3, 0.4) is 0 Å². The van der Waals surface area contributed by atoms with Gasteiger partial charge in [0.25, 0.3) is 0 Å². The van der Waals surface area contributed by atoms with Crippen LogP contribution >= 0.6 is 0 Å². The zero-order chi connectivity index (χ0) is 24.8. The average Bonchev–Trinajstić information content (AvgIpc) is 3.43. The van der Waals surface area contributed by atoms with Gasteiger partial charge in [-0.3, -0.25) is 4.90 Å². The van der Waals surface area contributed by atoms with Crippen LogP contribution in [0.1, 0.15) is 37.6 Å². The smallest absolute Gasteiger partial charge is 0.410 e. The first-order chi connectivity index (χ1) is 16.6. The maximum atomic E-state index is 13.2. The second kappa shape index (κ2) is 8.42. The molecule has 0 spiro atoms. The van der Waals surface area contributed by atoms with Crippen molar-refractivity contribution in [3.63, 3.8) is 0 Å². The molecular weight excluding hydrogens is 468 g/mol. The molecule has 0 unspecified atom stereocenters. The van der Waals surface area contributed by atoms with Gasteiger partial charge in [0.2, 0.25) is 10.0 Å². The topological polar surface area (TPSA) is 120 Å². The zero-order valence-corrected chi connectivity index (χ0v) is 20.4. The minimum atomic E-state index is -3.72. The molecule has 180 valence electrons. The Morgan fingerprint density at radius 1 is 0.971 bits per heavy atom. The van der Waals surface area contributed by atoms with Crippen molar-refractivity contribution in [3.8, 4) is 11.4 Å². The average molecular weight is 493 g/mol. The summed E-state index contributed by atoms with van der Waals surface area (Å²) >= 11 is 0. The first-order valence-electron chi connectivity index (χ1n) is 11.0. The molecule has 11 heteroatoms. The van der Waals surface area contributed by atoms with Crippen LogP contribution in [-0.2, 0) is 33.6 Å². The molecule has 0 bridgehead atoms. The van der Waals surface area contributed by atoms with E-state index >= 15 is 0 Å². The van der Waals surface area contributed by atoms with E-state index in [0.29, 0.717) is 34.6 Å². The van der Waals surface area contributed by atoms with E-state index in [-0.39, 0.29) is 17.9 Å². The molecule has 3 aromatic heterocycles. The van der Waals surface area contributed by atoms with E-state index in [0.717, 1.165) is 5.56 Å². The highest BCUT2D eigenvalue weighted by Gasteiger charge is 2.32. The van der Waals surface area contributed by atoms with Crippen LogP contribution in [0.15, 0.2) is 55.2 Å². The third-order valence-electron chi connectivity index (χ3n) is 5.54. The number of benzene rings is 1. The Balaban J connectivity index is 1.51. The number of ether oxygens (including phenoxy) is 1. The molecule has 0 fully saturated rings. The van der Waals surface area contributed by atoms with Crippen molar-refractivity contribution in [3.05, 3.63) is 72.1 Å². The van der Waals surface area contributed by atoms with Crippen LogP contribution in [0.4, 0.5) is 4.79 Å². The number of carbonyl (C=O) groups is 1. The van der Waals surface area contributed by atoms with E-state index < -0.39 is 21.7 Å². The highest BCUT2D eigenvalue weighted by Crippen LogP contribution is 2.33. The third-order valence-corrected chi connectivity index (χ3v) is 7.13. The second-order valence-electron chi connectivity index (χ2n) is 9.30. The van der Waals surface area contributed by atoms with Crippen molar-refractivity contribution < 1.29 is 17.9 Å². The summed E-state index contributed by atoms with van der Waals surface area (Å²) in [5.74, 6) is -0.162. The number of hydrogen-bond acceptors (Lipinski definition) is 8. The van der Waals surface area contributed by atoms with Gasteiger partial charge >= 0.3 is 6.09 Å². The molecule has 0 saturated carbocycles. The van der Waals surface area contributed by atoms with Crippen molar-refractivity contribution >= 4 is 27.1 Å². The monoisotopic (exact) mass is 492 g/mol. The van der Waals surface area contributed by atoms with Gasteiger partial charge in [-0.05, 0) is 32.4 Å². The quantitative estimate of drug-likeness (QED) is 0.424. The van der Waals surface area contributed by atoms with E-state index in [9.17, 15) is 13.2 Å². The van der Waals surface area contributed by atoms with Crippen molar-refractivity contribution in [1.29, 1.82) is 0 Å². The van der Waals surface area contributed by atoms with Crippen molar-refractivity contribution in [2.45, 2.75) is 45.2 Å². The highest BCUT2D eigenvalue weighted by atomic mass is 32.2. The SMILES string of the molecule is CC(C)(C)OC(=O)N1Cc2ncnc(-c3ncnc4c3ccn4S(=O)(=O)Cc3ccccc3)c2C1. The van der Waals surface area contributed by atoms with Crippen LogP contribution in [0.5, 0.6) is 0 Å². The van der Waals surface area contributed by atoms with E-state index in [1.54, 1.807) is 35.2 Å². The Bertz CT molecular complexity index is 1530. The molecule has 35 heavy (non-hydrogen) atoms. The maximum absolute atomic E-state index is 13.2. The molecule has 0 radical (unpaired) electrons. The molecule has 0 aliphatic carbocycles. The Morgan fingerprint density at radius 2 is 1.69 bits per heavy atom. The molecule has 0 saturated heterocycles. The van der Waals surface area contributed by atoms with Crippen molar-refractivity contribution in [2.24, 2.45) is 0 Å². The van der Waals surface area contributed by atoms with Gasteiger partial charge in [0.1, 0.15) is 23.9 Å². The van der Waals surface area contributed by atoms with Crippen LogP contribution in [0.2, 0.25) is 0 Å². The van der Waals surface area contributed by atoms with Gasteiger partial charge < -0.3 is 4.74 Å². The zero-order valence-electron chi connectivity index (χ0n) is 19.5. The van der Waals surface area contributed by atoms with E-state index in [2.05, 4.69) is 19.9 Å². The fraction of sp³-hybridized carbons (Fsp3) is 0.292. The van der Waals surface area contributed by atoms with Crippen molar-refractivity contribution in [2.75, 3.05) is 0 Å².